The summed E-state index contributed by atoms with van der Waals surface area (Å²) in [7, 11) is 0. The minimum Gasteiger partial charge on any atom is -0.369 e. The highest BCUT2D eigenvalue weighted by Gasteiger charge is 2.28. The van der Waals surface area contributed by atoms with E-state index in [1.165, 1.54) is 5.69 Å². The lowest BCUT2D eigenvalue weighted by atomic mass is 9.95. The fourth-order valence-corrected chi connectivity index (χ4v) is 3.42. The van der Waals surface area contributed by atoms with Crippen LogP contribution in [0.2, 0.25) is 0 Å². The number of hydrogen-bond donors (Lipinski definition) is 1. The monoisotopic (exact) mass is 366 g/mol. The van der Waals surface area contributed by atoms with Crippen LogP contribution in [0.25, 0.3) is 0 Å². The van der Waals surface area contributed by atoms with Crippen LogP contribution in [0.5, 0.6) is 0 Å². The molecule has 1 aliphatic rings. The van der Waals surface area contributed by atoms with Crippen molar-refractivity contribution in [3.8, 4) is 0 Å². The molecule has 2 aromatic rings. The molecule has 5 nitrogen and oxygen atoms in total. The minimum absolute atomic E-state index is 0.0827. The van der Waals surface area contributed by atoms with Gasteiger partial charge in [0.1, 0.15) is 0 Å². The van der Waals surface area contributed by atoms with Crippen molar-refractivity contribution >= 4 is 11.6 Å². The van der Waals surface area contributed by atoms with E-state index in [1.807, 2.05) is 33.0 Å². The summed E-state index contributed by atoms with van der Waals surface area (Å²) in [6.45, 7) is 10.3. The maximum atomic E-state index is 12.4. The normalized spacial score (nSPS) is 16.8. The zero-order valence-electron chi connectivity index (χ0n) is 16.6. The van der Waals surface area contributed by atoms with E-state index in [4.69, 9.17) is 0 Å². The Morgan fingerprint density at radius 2 is 1.78 bits per heavy atom. The summed E-state index contributed by atoms with van der Waals surface area (Å²) in [5.41, 5.74) is 2.04. The van der Waals surface area contributed by atoms with Crippen LogP contribution in [0.1, 0.15) is 32.4 Å². The molecule has 0 aliphatic carbocycles. The molecule has 5 heteroatoms. The first-order valence-electron chi connectivity index (χ1n) is 9.67. The van der Waals surface area contributed by atoms with E-state index >= 15 is 0 Å². The molecule has 0 radical (unpaired) electrons. The number of benzene rings is 1. The van der Waals surface area contributed by atoms with E-state index in [0.29, 0.717) is 6.54 Å². The van der Waals surface area contributed by atoms with Gasteiger partial charge in [-0.1, -0.05) is 45.0 Å². The zero-order chi connectivity index (χ0) is 19.3. The van der Waals surface area contributed by atoms with E-state index in [1.54, 1.807) is 6.20 Å². The van der Waals surface area contributed by atoms with Gasteiger partial charge in [0.05, 0.1) is 6.04 Å². The summed E-state index contributed by atoms with van der Waals surface area (Å²) in [5.74, 6) is 0.0827. The molecular weight excluding hydrogens is 336 g/mol. The van der Waals surface area contributed by atoms with Gasteiger partial charge >= 0.3 is 0 Å². The quantitative estimate of drug-likeness (QED) is 0.883. The van der Waals surface area contributed by atoms with Crippen LogP contribution in [0.15, 0.2) is 54.9 Å². The number of nitrogens with zero attached hydrogens (tertiary/aromatic N) is 3. The summed E-state index contributed by atoms with van der Waals surface area (Å²) in [5, 5.41) is 3.14. The number of para-hydroxylation sites is 1. The molecule has 1 atom stereocenters. The molecule has 1 aromatic carbocycles. The first kappa shape index (κ1) is 19.4. The van der Waals surface area contributed by atoms with Crippen molar-refractivity contribution in [2.24, 2.45) is 5.41 Å². The average Bonchev–Trinajstić information content (AvgIpc) is 2.69. The molecule has 1 aliphatic heterocycles. The first-order valence-corrected chi connectivity index (χ1v) is 9.67. The molecule has 1 saturated heterocycles. The number of pyridine rings is 1. The van der Waals surface area contributed by atoms with Gasteiger partial charge in [-0.2, -0.15) is 0 Å². The number of carbonyl (C=O) groups is 1. The molecule has 1 aromatic heterocycles. The molecular formula is C22H30N4O. The van der Waals surface area contributed by atoms with Crippen LogP contribution in [0, 0.1) is 5.41 Å². The molecule has 0 saturated carbocycles. The Hall–Kier alpha value is -2.40. The number of nitrogens with one attached hydrogen (secondary N) is 1. The van der Waals surface area contributed by atoms with Gasteiger partial charge in [0, 0.05) is 56.2 Å². The maximum absolute atomic E-state index is 12.4. The molecule has 3 rings (SSSR count). The van der Waals surface area contributed by atoms with Gasteiger partial charge in [-0.3, -0.25) is 14.7 Å². The Bertz CT molecular complexity index is 719. The SMILES string of the molecule is CC(C)(C)C(=O)NC[C@@H](c1cccnc1)N1CCN(c2ccccc2)CC1. The lowest BCUT2D eigenvalue weighted by Gasteiger charge is -2.40. The Kier molecular flexibility index (Phi) is 6.11. The number of hydrogen-bond acceptors (Lipinski definition) is 4. The Balaban J connectivity index is 1.68. The number of amides is 1. The Morgan fingerprint density at radius 1 is 1.07 bits per heavy atom. The zero-order valence-corrected chi connectivity index (χ0v) is 16.6. The largest absolute Gasteiger partial charge is 0.369 e. The molecule has 27 heavy (non-hydrogen) atoms. The molecule has 0 unspecified atom stereocenters. The molecule has 1 amide bonds. The highest BCUT2D eigenvalue weighted by atomic mass is 16.2. The van der Waals surface area contributed by atoms with E-state index in [-0.39, 0.29) is 17.4 Å². The third kappa shape index (κ3) is 5.07. The minimum atomic E-state index is -0.383. The summed E-state index contributed by atoms with van der Waals surface area (Å²) in [6.07, 6.45) is 3.71. The standard InChI is InChI=1S/C22H30N4O/c1-22(2,3)21(27)24-17-20(18-8-7-11-23-16-18)26-14-12-25(13-15-26)19-9-5-4-6-10-19/h4-11,16,20H,12-15,17H2,1-3H3,(H,24,27)/t20-/m0/s1. The topological polar surface area (TPSA) is 48.5 Å². The van der Waals surface area contributed by atoms with E-state index < -0.39 is 0 Å². The predicted molar refractivity (Wildman–Crippen MR) is 110 cm³/mol. The Morgan fingerprint density at radius 3 is 2.37 bits per heavy atom. The van der Waals surface area contributed by atoms with Gasteiger partial charge < -0.3 is 10.2 Å². The average molecular weight is 367 g/mol. The highest BCUT2D eigenvalue weighted by molar-refractivity contribution is 5.81. The van der Waals surface area contributed by atoms with Crippen LogP contribution < -0.4 is 10.2 Å². The molecule has 1 fully saturated rings. The maximum Gasteiger partial charge on any atom is 0.225 e. The fraction of sp³-hybridized carbons (Fsp3) is 0.455. The van der Waals surface area contributed by atoms with E-state index in [2.05, 4.69) is 56.5 Å². The van der Waals surface area contributed by atoms with Gasteiger partial charge in [0.25, 0.3) is 0 Å². The van der Waals surface area contributed by atoms with Gasteiger partial charge in [-0.15, -0.1) is 0 Å². The second kappa shape index (κ2) is 8.53. The number of rotatable bonds is 5. The molecule has 2 heterocycles. The van der Waals surface area contributed by atoms with Crippen molar-refractivity contribution in [2.75, 3.05) is 37.6 Å². The predicted octanol–water partition coefficient (Wildman–Crippen LogP) is 3.11. The smallest absolute Gasteiger partial charge is 0.225 e. The number of piperazine rings is 1. The van der Waals surface area contributed by atoms with Crippen molar-refractivity contribution in [1.82, 2.24) is 15.2 Å². The highest BCUT2D eigenvalue weighted by Crippen LogP contribution is 2.24. The number of aromatic nitrogens is 1. The summed E-state index contributed by atoms with van der Waals surface area (Å²) in [4.78, 5) is 21.5. The van der Waals surface area contributed by atoms with Crippen molar-refractivity contribution in [1.29, 1.82) is 0 Å². The van der Waals surface area contributed by atoms with Gasteiger partial charge in [-0.05, 0) is 23.8 Å². The lowest BCUT2D eigenvalue weighted by molar-refractivity contribution is -0.128. The van der Waals surface area contributed by atoms with E-state index in [9.17, 15) is 4.79 Å². The summed E-state index contributed by atoms with van der Waals surface area (Å²) < 4.78 is 0. The number of anilines is 1. The third-order valence-electron chi connectivity index (χ3n) is 5.08. The Labute approximate surface area is 162 Å². The van der Waals surface area contributed by atoms with Crippen molar-refractivity contribution in [2.45, 2.75) is 26.8 Å². The van der Waals surface area contributed by atoms with Crippen LogP contribution in [-0.2, 0) is 4.79 Å². The summed E-state index contributed by atoms with van der Waals surface area (Å²) in [6, 6.07) is 14.8. The van der Waals surface area contributed by atoms with Gasteiger partial charge in [0.2, 0.25) is 5.91 Å². The second-order valence-corrected chi connectivity index (χ2v) is 8.12. The lowest BCUT2D eigenvalue weighted by Crippen LogP contribution is -2.50. The van der Waals surface area contributed by atoms with Crippen molar-refractivity contribution < 1.29 is 4.79 Å². The summed E-state index contributed by atoms with van der Waals surface area (Å²) >= 11 is 0. The van der Waals surface area contributed by atoms with Crippen LogP contribution in [-0.4, -0.2) is 48.5 Å². The molecule has 1 N–H and O–H groups in total. The van der Waals surface area contributed by atoms with E-state index in [0.717, 1.165) is 31.7 Å². The molecule has 144 valence electrons. The molecule has 0 spiro atoms. The number of carbonyl (C=O) groups excluding carboxylic acids is 1. The van der Waals surface area contributed by atoms with Crippen LogP contribution in [0.3, 0.4) is 0 Å². The second-order valence-electron chi connectivity index (χ2n) is 8.12. The first-order chi connectivity index (χ1) is 12.9. The van der Waals surface area contributed by atoms with Crippen LogP contribution >= 0.6 is 0 Å². The van der Waals surface area contributed by atoms with Gasteiger partial charge in [-0.25, -0.2) is 0 Å². The van der Waals surface area contributed by atoms with Crippen molar-refractivity contribution in [3.05, 3.63) is 60.4 Å². The van der Waals surface area contributed by atoms with Crippen molar-refractivity contribution in [3.63, 3.8) is 0 Å². The van der Waals surface area contributed by atoms with Gasteiger partial charge in [0.15, 0.2) is 0 Å². The third-order valence-corrected chi connectivity index (χ3v) is 5.08. The van der Waals surface area contributed by atoms with Crippen LogP contribution in [0.4, 0.5) is 5.69 Å². The molecule has 0 bridgehead atoms. The fourth-order valence-electron chi connectivity index (χ4n) is 3.42.